The summed E-state index contributed by atoms with van der Waals surface area (Å²) in [5.41, 5.74) is 3.77. The molecule has 90 valence electrons. The largest absolute Gasteiger partial charge is 2.00 e. The molecule has 1 aliphatic rings. The molecule has 0 aromatic heterocycles. The Morgan fingerprint density at radius 2 is 2.06 bits per heavy atom. The van der Waals surface area contributed by atoms with E-state index in [2.05, 4.69) is 44.3 Å². The number of fused-ring (bicyclic) bond motifs is 1. The zero-order valence-corrected chi connectivity index (χ0v) is 12.5. The molecule has 0 amide bonds. The van der Waals surface area contributed by atoms with Crippen molar-refractivity contribution in [3.63, 3.8) is 0 Å². The van der Waals surface area contributed by atoms with Gasteiger partial charge >= 0.3 is 23.1 Å². The Bertz CT molecular complexity index is 447. The summed E-state index contributed by atoms with van der Waals surface area (Å²) in [6.45, 7) is 9.22. The van der Waals surface area contributed by atoms with Crippen molar-refractivity contribution in [3.8, 4) is 5.75 Å². The van der Waals surface area contributed by atoms with Crippen LogP contribution in [-0.4, -0.2) is 35.2 Å². The van der Waals surface area contributed by atoms with Crippen LogP contribution in [0.2, 0.25) is 0 Å². The monoisotopic (exact) mass is 243 g/mol. The molecular formula is C14H21MgNO. The van der Waals surface area contributed by atoms with Gasteiger partial charge in [-0.3, -0.25) is 0 Å². The Kier molecular flexibility index (Phi) is 4.50. The fourth-order valence-corrected chi connectivity index (χ4v) is 2.22. The van der Waals surface area contributed by atoms with Gasteiger partial charge in [-0.1, -0.05) is 6.08 Å². The van der Waals surface area contributed by atoms with Crippen LogP contribution in [0.3, 0.4) is 0 Å². The van der Waals surface area contributed by atoms with E-state index in [0.717, 1.165) is 5.75 Å². The van der Waals surface area contributed by atoms with Crippen LogP contribution in [0.5, 0.6) is 5.75 Å². The molecule has 0 spiro atoms. The van der Waals surface area contributed by atoms with E-state index < -0.39 is 0 Å². The summed E-state index contributed by atoms with van der Waals surface area (Å²) in [4.78, 5) is 0. The third-order valence-electron chi connectivity index (χ3n) is 2.76. The predicted octanol–water partition coefficient (Wildman–Crippen LogP) is 3.54. The van der Waals surface area contributed by atoms with Crippen LogP contribution in [0, 0.1) is 0 Å². The first-order chi connectivity index (χ1) is 7.52. The van der Waals surface area contributed by atoms with Crippen molar-refractivity contribution in [2.75, 3.05) is 11.9 Å². The van der Waals surface area contributed by atoms with Crippen LogP contribution in [0.4, 0.5) is 5.69 Å². The standard InChI is InChI=1S/C14H19NO.Mg.2H/c1-5-16-11-6-7-13-12(8-11)10(2)9-14(3,4)15-13;;;/h6-9,15H,5H2,1-4H3;;;/q;+2;2*-1. The average molecular weight is 244 g/mol. The topological polar surface area (TPSA) is 21.3 Å². The van der Waals surface area contributed by atoms with Crippen LogP contribution >= 0.6 is 0 Å². The maximum absolute atomic E-state index is 5.52. The third-order valence-corrected chi connectivity index (χ3v) is 2.76. The van der Waals surface area contributed by atoms with E-state index in [0.29, 0.717) is 6.61 Å². The summed E-state index contributed by atoms with van der Waals surface area (Å²) in [5, 5.41) is 3.50. The van der Waals surface area contributed by atoms with Gasteiger partial charge in [0.25, 0.3) is 0 Å². The second-order valence-electron chi connectivity index (χ2n) is 4.81. The van der Waals surface area contributed by atoms with Crippen LogP contribution < -0.4 is 10.1 Å². The van der Waals surface area contributed by atoms with Gasteiger partial charge in [-0.05, 0) is 51.5 Å². The smallest absolute Gasteiger partial charge is 1.00 e. The zero-order chi connectivity index (χ0) is 11.8. The molecule has 1 aromatic carbocycles. The van der Waals surface area contributed by atoms with E-state index in [-0.39, 0.29) is 31.4 Å². The molecule has 2 nitrogen and oxygen atoms in total. The van der Waals surface area contributed by atoms with E-state index in [1.807, 2.05) is 13.0 Å². The van der Waals surface area contributed by atoms with E-state index in [1.165, 1.54) is 16.8 Å². The van der Waals surface area contributed by atoms with Gasteiger partial charge in [0.1, 0.15) is 5.75 Å². The van der Waals surface area contributed by atoms with Gasteiger partial charge in [0, 0.05) is 11.3 Å². The van der Waals surface area contributed by atoms with E-state index in [1.54, 1.807) is 0 Å². The number of anilines is 1. The van der Waals surface area contributed by atoms with Gasteiger partial charge in [0.15, 0.2) is 0 Å². The fourth-order valence-electron chi connectivity index (χ4n) is 2.22. The fraction of sp³-hybridized carbons (Fsp3) is 0.429. The maximum atomic E-state index is 5.52. The molecule has 0 unspecified atom stereocenters. The van der Waals surface area contributed by atoms with E-state index in [9.17, 15) is 0 Å². The Balaban J connectivity index is 0. The van der Waals surface area contributed by atoms with Crippen molar-refractivity contribution in [2.24, 2.45) is 0 Å². The minimum Gasteiger partial charge on any atom is -1.00 e. The van der Waals surface area contributed by atoms with Gasteiger partial charge < -0.3 is 12.9 Å². The molecule has 1 heterocycles. The Morgan fingerprint density at radius 1 is 1.35 bits per heavy atom. The molecule has 1 N–H and O–H groups in total. The van der Waals surface area contributed by atoms with Crippen LogP contribution in [0.15, 0.2) is 24.3 Å². The van der Waals surface area contributed by atoms with E-state index >= 15 is 0 Å². The molecule has 1 aromatic rings. The molecule has 0 radical (unpaired) electrons. The Hall–Kier alpha value is -0.674. The van der Waals surface area contributed by atoms with Gasteiger partial charge in [0.2, 0.25) is 0 Å². The van der Waals surface area contributed by atoms with Crippen LogP contribution in [0.1, 0.15) is 36.1 Å². The summed E-state index contributed by atoms with van der Waals surface area (Å²) in [7, 11) is 0. The molecule has 1 aliphatic heterocycles. The molecule has 0 aliphatic carbocycles. The van der Waals surface area contributed by atoms with Crippen molar-refractivity contribution < 1.29 is 7.59 Å². The number of ether oxygens (including phenoxy) is 1. The first-order valence-electron chi connectivity index (χ1n) is 5.77. The molecule has 0 saturated heterocycles. The quantitative estimate of drug-likeness (QED) is 0.803. The average Bonchev–Trinajstić information content (AvgIpc) is 2.18. The zero-order valence-electron chi connectivity index (χ0n) is 13.1. The second-order valence-corrected chi connectivity index (χ2v) is 4.81. The molecule has 3 heteroatoms. The SMILES string of the molecule is CCOc1ccc2c(c1)C(C)=CC(C)(C)N2.[H-].[H-].[Mg+2]. The van der Waals surface area contributed by atoms with Crippen molar-refractivity contribution >= 4 is 34.3 Å². The number of rotatable bonds is 2. The third kappa shape index (κ3) is 3.16. The van der Waals surface area contributed by atoms with Gasteiger partial charge in [-0.25, -0.2) is 0 Å². The van der Waals surface area contributed by atoms with Gasteiger partial charge in [-0.15, -0.1) is 0 Å². The minimum absolute atomic E-state index is 0. The number of hydrogen-bond donors (Lipinski definition) is 1. The number of nitrogens with one attached hydrogen (secondary N) is 1. The normalized spacial score (nSPS) is 16.1. The molecule has 0 fully saturated rings. The van der Waals surface area contributed by atoms with E-state index in [4.69, 9.17) is 4.74 Å². The summed E-state index contributed by atoms with van der Waals surface area (Å²) in [5.74, 6) is 0.940. The molecule has 0 bridgehead atoms. The summed E-state index contributed by atoms with van der Waals surface area (Å²) in [6.07, 6.45) is 2.26. The number of allylic oxidation sites excluding steroid dienone is 1. The summed E-state index contributed by atoms with van der Waals surface area (Å²) < 4.78 is 5.52. The van der Waals surface area contributed by atoms with Crippen molar-refractivity contribution in [1.82, 2.24) is 0 Å². The van der Waals surface area contributed by atoms with Crippen LogP contribution in [0.25, 0.3) is 5.57 Å². The molecule has 2 rings (SSSR count). The molecule has 0 atom stereocenters. The molecule has 0 saturated carbocycles. The van der Waals surface area contributed by atoms with Gasteiger partial charge in [0.05, 0.1) is 12.1 Å². The number of hydrogen-bond acceptors (Lipinski definition) is 2. The summed E-state index contributed by atoms with van der Waals surface area (Å²) >= 11 is 0. The predicted molar refractivity (Wildman–Crippen MR) is 76.9 cm³/mol. The first-order valence-corrected chi connectivity index (χ1v) is 5.77. The molecular weight excluding hydrogens is 222 g/mol. The first kappa shape index (κ1) is 14.4. The van der Waals surface area contributed by atoms with Crippen molar-refractivity contribution in [3.05, 3.63) is 29.8 Å². The summed E-state index contributed by atoms with van der Waals surface area (Å²) in [6, 6.07) is 6.22. The minimum atomic E-state index is 0. The van der Waals surface area contributed by atoms with Crippen molar-refractivity contribution in [1.29, 1.82) is 0 Å². The Labute approximate surface area is 123 Å². The van der Waals surface area contributed by atoms with Crippen molar-refractivity contribution in [2.45, 2.75) is 33.2 Å². The van der Waals surface area contributed by atoms with Gasteiger partial charge in [-0.2, -0.15) is 0 Å². The second kappa shape index (κ2) is 5.32. The number of benzene rings is 1. The Morgan fingerprint density at radius 3 is 2.71 bits per heavy atom. The van der Waals surface area contributed by atoms with Crippen LogP contribution in [-0.2, 0) is 0 Å². The molecule has 17 heavy (non-hydrogen) atoms. The maximum Gasteiger partial charge on any atom is 2.00 e.